The number of piperidine rings is 1. The molecule has 2 fully saturated rings. The van der Waals surface area contributed by atoms with E-state index < -0.39 is 0 Å². The molecule has 1 saturated heterocycles. The van der Waals surface area contributed by atoms with Gasteiger partial charge in [-0.05, 0) is 31.1 Å². The van der Waals surface area contributed by atoms with E-state index in [1.54, 1.807) is 7.05 Å². The molecule has 2 aliphatic rings. The van der Waals surface area contributed by atoms with Gasteiger partial charge in [-0.1, -0.05) is 19.8 Å². The third-order valence-electron chi connectivity index (χ3n) is 5.29. The first-order valence-electron chi connectivity index (χ1n) is 8.95. The molecule has 1 amide bonds. The number of carbonyl (C=O) groups is 1. The second kappa shape index (κ2) is 10.4. The summed E-state index contributed by atoms with van der Waals surface area (Å²) in [5.74, 6) is 1.02. The lowest BCUT2D eigenvalue weighted by atomic mass is 9.89. The molecule has 7 heteroatoms. The van der Waals surface area contributed by atoms with E-state index in [0.717, 1.165) is 38.4 Å². The average molecular weight is 451 g/mol. The fourth-order valence-electron chi connectivity index (χ4n) is 3.61. The van der Waals surface area contributed by atoms with Crippen LogP contribution in [0.4, 0.5) is 0 Å². The molecule has 0 aromatic carbocycles. The minimum absolute atomic E-state index is 0. The largest absolute Gasteiger partial charge is 0.358 e. The Morgan fingerprint density at radius 1 is 1.25 bits per heavy atom. The van der Waals surface area contributed by atoms with Gasteiger partial charge < -0.3 is 16.0 Å². The van der Waals surface area contributed by atoms with Crippen molar-refractivity contribution in [3.8, 4) is 0 Å². The summed E-state index contributed by atoms with van der Waals surface area (Å²) in [4.78, 5) is 18.0. The summed E-state index contributed by atoms with van der Waals surface area (Å²) in [6, 6.07) is 0.443. The number of nitrogens with one attached hydrogen (secondary N) is 3. The summed E-state index contributed by atoms with van der Waals surface area (Å²) in [6.07, 6.45) is 7.44. The maximum absolute atomic E-state index is 11.4. The van der Waals surface area contributed by atoms with Crippen LogP contribution in [0.25, 0.3) is 0 Å². The van der Waals surface area contributed by atoms with Crippen molar-refractivity contribution in [2.24, 2.45) is 10.4 Å². The molecule has 1 heterocycles. The van der Waals surface area contributed by atoms with Gasteiger partial charge in [0.25, 0.3) is 0 Å². The van der Waals surface area contributed by atoms with Crippen LogP contribution in [-0.2, 0) is 4.79 Å². The van der Waals surface area contributed by atoms with Gasteiger partial charge in [0.15, 0.2) is 5.96 Å². The van der Waals surface area contributed by atoms with E-state index in [4.69, 9.17) is 0 Å². The molecule has 24 heavy (non-hydrogen) atoms. The number of hydrogen-bond donors (Lipinski definition) is 3. The van der Waals surface area contributed by atoms with Crippen molar-refractivity contribution < 1.29 is 4.79 Å². The predicted octanol–water partition coefficient (Wildman–Crippen LogP) is 1.56. The van der Waals surface area contributed by atoms with Crippen LogP contribution in [0.5, 0.6) is 0 Å². The van der Waals surface area contributed by atoms with Crippen LogP contribution in [0.1, 0.15) is 45.4 Å². The Kier molecular flexibility index (Phi) is 9.33. The van der Waals surface area contributed by atoms with E-state index in [1.165, 1.54) is 25.7 Å². The Balaban J connectivity index is 0.00000288. The number of nitrogens with zero attached hydrogens (tertiary/aromatic N) is 2. The SMILES string of the molecule is CN=C(NCC1(C)CCCC1)NC1CCN(CC(=O)NC)CC1.I. The molecule has 0 atom stereocenters. The maximum Gasteiger partial charge on any atom is 0.233 e. The molecule has 140 valence electrons. The number of halogens is 1. The normalized spacial score (nSPS) is 21.9. The third kappa shape index (κ3) is 6.74. The Morgan fingerprint density at radius 3 is 2.42 bits per heavy atom. The van der Waals surface area contributed by atoms with Crippen LogP contribution in [0, 0.1) is 5.41 Å². The lowest BCUT2D eigenvalue weighted by Gasteiger charge is -2.33. The van der Waals surface area contributed by atoms with Crippen molar-refractivity contribution in [2.45, 2.75) is 51.5 Å². The van der Waals surface area contributed by atoms with Gasteiger partial charge in [-0.25, -0.2) is 0 Å². The van der Waals surface area contributed by atoms with Crippen LogP contribution in [0.3, 0.4) is 0 Å². The zero-order valence-electron chi connectivity index (χ0n) is 15.4. The highest BCUT2D eigenvalue weighted by Gasteiger charge is 2.29. The van der Waals surface area contributed by atoms with Crippen LogP contribution in [-0.4, -0.2) is 63.1 Å². The number of likely N-dealkylation sites (N-methyl/N-ethyl adjacent to an activating group) is 1. The minimum Gasteiger partial charge on any atom is -0.358 e. The molecule has 2 rings (SSSR count). The lowest BCUT2D eigenvalue weighted by Crippen LogP contribution is -2.51. The quantitative estimate of drug-likeness (QED) is 0.337. The number of hydrogen-bond acceptors (Lipinski definition) is 3. The first-order chi connectivity index (χ1) is 11.0. The van der Waals surface area contributed by atoms with Crippen molar-refractivity contribution >= 4 is 35.8 Å². The molecule has 0 aromatic heterocycles. The van der Waals surface area contributed by atoms with Crippen molar-refractivity contribution in [1.29, 1.82) is 0 Å². The highest BCUT2D eigenvalue weighted by Crippen LogP contribution is 2.36. The van der Waals surface area contributed by atoms with Gasteiger partial charge in [0, 0.05) is 39.8 Å². The summed E-state index contributed by atoms with van der Waals surface area (Å²) in [7, 11) is 3.53. The van der Waals surface area contributed by atoms with Crippen molar-refractivity contribution in [3.05, 3.63) is 0 Å². The predicted molar refractivity (Wildman–Crippen MR) is 110 cm³/mol. The van der Waals surface area contributed by atoms with Crippen molar-refractivity contribution in [2.75, 3.05) is 40.3 Å². The number of amides is 1. The zero-order chi connectivity index (χ0) is 16.7. The van der Waals surface area contributed by atoms with Gasteiger partial charge in [-0.2, -0.15) is 0 Å². The summed E-state index contributed by atoms with van der Waals surface area (Å²) in [5, 5.41) is 9.75. The number of likely N-dealkylation sites (tertiary alicyclic amines) is 1. The maximum atomic E-state index is 11.4. The van der Waals surface area contributed by atoms with Gasteiger partial charge in [0.1, 0.15) is 0 Å². The monoisotopic (exact) mass is 451 g/mol. The fourth-order valence-corrected chi connectivity index (χ4v) is 3.61. The van der Waals surface area contributed by atoms with E-state index in [2.05, 4.69) is 32.8 Å². The molecular weight excluding hydrogens is 417 g/mol. The van der Waals surface area contributed by atoms with Crippen molar-refractivity contribution in [3.63, 3.8) is 0 Å². The van der Waals surface area contributed by atoms with Crippen LogP contribution >= 0.6 is 24.0 Å². The molecule has 6 nitrogen and oxygen atoms in total. The van der Waals surface area contributed by atoms with Gasteiger partial charge in [0.05, 0.1) is 6.54 Å². The van der Waals surface area contributed by atoms with Gasteiger partial charge in [-0.3, -0.25) is 14.7 Å². The van der Waals surface area contributed by atoms with E-state index >= 15 is 0 Å². The summed E-state index contributed by atoms with van der Waals surface area (Å²) >= 11 is 0. The Hall–Kier alpha value is -0.570. The third-order valence-corrected chi connectivity index (χ3v) is 5.29. The molecule has 1 aliphatic carbocycles. The van der Waals surface area contributed by atoms with Gasteiger partial charge >= 0.3 is 0 Å². The molecular formula is C17H34IN5O. The standard InChI is InChI=1S/C17H33N5O.HI/c1-17(8-4-5-9-17)13-20-16(19-3)21-14-6-10-22(11-7-14)12-15(23)18-2;/h14H,4-13H2,1-3H3,(H,18,23)(H2,19,20,21);1H. The van der Waals surface area contributed by atoms with E-state index in [9.17, 15) is 4.79 Å². The first kappa shape index (κ1) is 21.5. The van der Waals surface area contributed by atoms with Crippen LogP contribution in [0.15, 0.2) is 4.99 Å². The number of aliphatic imine (C=N–C) groups is 1. The molecule has 0 unspecified atom stereocenters. The van der Waals surface area contributed by atoms with Crippen molar-refractivity contribution in [1.82, 2.24) is 20.9 Å². The number of carbonyl (C=O) groups excluding carboxylic acids is 1. The highest BCUT2D eigenvalue weighted by molar-refractivity contribution is 14.0. The van der Waals surface area contributed by atoms with Gasteiger partial charge in [0.2, 0.25) is 5.91 Å². The second-order valence-electron chi connectivity index (χ2n) is 7.31. The molecule has 1 aliphatic heterocycles. The van der Waals surface area contributed by atoms with Crippen LogP contribution < -0.4 is 16.0 Å². The summed E-state index contributed by atoms with van der Waals surface area (Å²) in [5.41, 5.74) is 0.425. The molecule has 3 N–H and O–H groups in total. The summed E-state index contributed by atoms with van der Waals surface area (Å²) < 4.78 is 0. The lowest BCUT2D eigenvalue weighted by molar-refractivity contribution is -0.122. The van der Waals surface area contributed by atoms with E-state index in [-0.39, 0.29) is 29.9 Å². The smallest absolute Gasteiger partial charge is 0.233 e. The summed E-state index contributed by atoms with van der Waals surface area (Å²) in [6.45, 7) is 5.80. The molecule has 1 saturated carbocycles. The average Bonchev–Trinajstić information content (AvgIpc) is 3.00. The zero-order valence-corrected chi connectivity index (χ0v) is 17.7. The van der Waals surface area contributed by atoms with Gasteiger partial charge in [-0.15, -0.1) is 24.0 Å². The van der Waals surface area contributed by atoms with E-state index in [0.29, 0.717) is 18.0 Å². The second-order valence-corrected chi connectivity index (χ2v) is 7.31. The minimum atomic E-state index is 0. The number of guanidine groups is 1. The fraction of sp³-hybridized carbons (Fsp3) is 0.882. The topological polar surface area (TPSA) is 68.8 Å². The Morgan fingerprint density at radius 2 is 1.88 bits per heavy atom. The number of rotatable bonds is 5. The van der Waals surface area contributed by atoms with Crippen LogP contribution in [0.2, 0.25) is 0 Å². The molecule has 0 radical (unpaired) electrons. The van der Waals surface area contributed by atoms with E-state index in [1.807, 2.05) is 7.05 Å². The highest BCUT2D eigenvalue weighted by atomic mass is 127. The Labute approximate surface area is 163 Å². The molecule has 0 bridgehead atoms. The first-order valence-corrected chi connectivity index (χ1v) is 8.95. The molecule has 0 spiro atoms. The molecule has 0 aromatic rings. The Bertz CT molecular complexity index is 415.